The summed E-state index contributed by atoms with van der Waals surface area (Å²) in [4.78, 5) is 12.9. The number of alkyl halides is 1. The number of rotatable bonds is 10. The van der Waals surface area contributed by atoms with E-state index in [2.05, 4.69) is 76.4 Å². The van der Waals surface area contributed by atoms with Crippen LogP contribution in [0.2, 0.25) is 18.1 Å². The third-order valence-electron chi connectivity index (χ3n) is 6.82. The van der Waals surface area contributed by atoms with Crippen LogP contribution in [0.5, 0.6) is 0 Å². The van der Waals surface area contributed by atoms with Crippen LogP contribution in [0.1, 0.15) is 65.2 Å². The van der Waals surface area contributed by atoms with Crippen LogP contribution in [-0.4, -0.2) is 48.9 Å². The van der Waals surface area contributed by atoms with Crippen molar-refractivity contribution >= 4 is 36.9 Å². The topological polar surface area (TPSA) is 54.0 Å². The number of halogens is 1. The number of carbonyl (C=O) groups is 1. The lowest BCUT2D eigenvalue weighted by Gasteiger charge is -2.39. The Balaban J connectivity index is 2.24. The van der Waals surface area contributed by atoms with E-state index in [1.807, 2.05) is 38.1 Å². The van der Waals surface area contributed by atoms with Gasteiger partial charge in [-0.25, -0.2) is 4.79 Å². The lowest BCUT2D eigenvalue weighted by atomic mass is 10.0. The molecule has 1 fully saturated rings. The fourth-order valence-corrected chi connectivity index (χ4v) is 5.76. The van der Waals surface area contributed by atoms with Gasteiger partial charge >= 0.3 is 5.97 Å². The smallest absolute Gasteiger partial charge is 0.338 e. The molecular formula is C27H43IO5Si. The molecule has 0 saturated carbocycles. The normalized spacial score (nSPS) is 23.6. The molecule has 1 saturated heterocycles. The first kappa shape index (κ1) is 29.5. The van der Waals surface area contributed by atoms with Crippen LogP contribution >= 0.6 is 22.6 Å². The van der Waals surface area contributed by atoms with Crippen molar-refractivity contribution < 1.29 is 23.4 Å². The third kappa shape index (κ3) is 8.15. The molecule has 2 unspecified atom stereocenters. The van der Waals surface area contributed by atoms with E-state index >= 15 is 0 Å². The molecule has 1 aromatic rings. The molecule has 0 bridgehead atoms. The van der Waals surface area contributed by atoms with Crippen molar-refractivity contribution in [2.45, 2.75) is 103 Å². The molecule has 34 heavy (non-hydrogen) atoms. The maximum Gasteiger partial charge on any atom is 0.338 e. The minimum absolute atomic E-state index is 0.0462. The highest BCUT2D eigenvalue weighted by atomic mass is 127. The highest BCUT2D eigenvalue weighted by Crippen LogP contribution is 2.38. The van der Waals surface area contributed by atoms with E-state index in [4.69, 9.17) is 18.6 Å². The molecule has 7 heteroatoms. The molecule has 0 spiro atoms. The fourth-order valence-electron chi connectivity index (χ4n) is 3.64. The zero-order chi connectivity index (χ0) is 25.7. The van der Waals surface area contributed by atoms with Crippen molar-refractivity contribution in [1.82, 2.24) is 0 Å². The Morgan fingerprint density at radius 3 is 2.32 bits per heavy atom. The number of hydrogen-bond acceptors (Lipinski definition) is 5. The van der Waals surface area contributed by atoms with Gasteiger partial charge < -0.3 is 18.6 Å². The first-order valence-corrected chi connectivity index (χ1v) is 16.6. The van der Waals surface area contributed by atoms with Gasteiger partial charge in [0.05, 0.1) is 11.7 Å². The Morgan fingerprint density at radius 2 is 1.76 bits per heavy atom. The van der Waals surface area contributed by atoms with Gasteiger partial charge in [0.1, 0.15) is 12.2 Å². The van der Waals surface area contributed by atoms with E-state index < -0.39 is 20.2 Å². The van der Waals surface area contributed by atoms with E-state index in [0.717, 1.165) is 10.8 Å². The molecular weight excluding hydrogens is 559 g/mol. The van der Waals surface area contributed by atoms with Crippen molar-refractivity contribution in [3.63, 3.8) is 0 Å². The minimum Gasteiger partial charge on any atom is -0.452 e. The van der Waals surface area contributed by atoms with Crippen molar-refractivity contribution in [2.24, 2.45) is 5.92 Å². The third-order valence-corrected chi connectivity index (χ3v) is 12.0. The summed E-state index contributed by atoms with van der Waals surface area (Å²) >= 11 is 2.34. The maximum atomic E-state index is 12.9. The van der Waals surface area contributed by atoms with E-state index in [0.29, 0.717) is 5.56 Å². The molecule has 0 amide bonds. The number of benzene rings is 1. The Kier molecular flexibility index (Phi) is 10.4. The summed E-state index contributed by atoms with van der Waals surface area (Å²) in [5, 5.41) is 0.145. The van der Waals surface area contributed by atoms with E-state index in [-0.39, 0.29) is 35.2 Å². The van der Waals surface area contributed by atoms with Crippen molar-refractivity contribution in [3.05, 3.63) is 48.0 Å². The van der Waals surface area contributed by atoms with Crippen molar-refractivity contribution in [3.8, 4) is 0 Å². The van der Waals surface area contributed by atoms with Gasteiger partial charge in [0.25, 0.3) is 0 Å². The van der Waals surface area contributed by atoms with Crippen LogP contribution in [0.25, 0.3) is 0 Å². The highest BCUT2D eigenvalue weighted by Gasteiger charge is 2.45. The maximum absolute atomic E-state index is 12.9. The van der Waals surface area contributed by atoms with Gasteiger partial charge in [-0.05, 0) is 69.5 Å². The number of esters is 1. The first-order valence-electron chi connectivity index (χ1n) is 12.2. The second-order valence-corrected chi connectivity index (χ2v) is 17.0. The molecule has 1 aromatic carbocycles. The van der Waals surface area contributed by atoms with E-state index in [1.165, 1.54) is 0 Å². The van der Waals surface area contributed by atoms with Crippen molar-refractivity contribution in [2.75, 3.05) is 4.43 Å². The van der Waals surface area contributed by atoms with Gasteiger partial charge in [-0.2, -0.15) is 0 Å². The van der Waals surface area contributed by atoms with Crippen LogP contribution in [0, 0.1) is 5.92 Å². The molecule has 2 rings (SSSR count). The second-order valence-electron chi connectivity index (χ2n) is 11.2. The minimum atomic E-state index is -1.89. The molecule has 0 N–H and O–H groups in total. The lowest BCUT2D eigenvalue weighted by Crippen LogP contribution is -2.44. The van der Waals surface area contributed by atoms with Crippen LogP contribution < -0.4 is 0 Å². The second kappa shape index (κ2) is 12.0. The van der Waals surface area contributed by atoms with E-state index in [9.17, 15) is 4.79 Å². The molecule has 1 heterocycles. The number of ether oxygens (including phenoxy) is 3. The quantitative estimate of drug-likeness (QED) is 0.0936. The zero-order valence-electron chi connectivity index (χ0n) is 22.3. The SMILES string of the molecule is CC(O[Si](C)(C)C(C)(C)C)[C@H](C)/C=C\C(OC(=O)c1ccccc1)[C@H]1OC(C)(C)O[C@H]1CCI. The van der Waals surface area contributed by atoms with Crippen LogP contribution in [-0.2, 0) is 18.6 Å². The molecule has 1 aliphatic heterocycles. The summed E-state index contributed by atoms with van der Waals surface area (Å²) in [6, 6.07) is 9.08. The Hall–Kier alpha value is -0.743. The lowest BCUT2D eigenvalue weighted by molar-refractivity contribution is -0.153. The summed E-state index contributed by atoms with van der Waals surface area (Å²) in [6.07, 6.45) is 3.83. The largest absolute Gasteiger partial charge is 0.452 e. The van der Waals surface area contributed by atoms with Crippen LogP contribution in [0.15, 0.2) is 42.5 Å². The monoisotopic (exact) mass is 602 g/mol. The first-order chi connectivity index (χ1) is 15.7. The summed E-state index contributed by atoms with van der Waals surface area (Å²) in [7, 11) is -1.89. The number of hydrogen-bond donors (Lipinski definition) is 0. The highest BCUT2D eigenvalue weighted by molar-refractivity contribution is 14.1. The molecule has 192 valence electrons. The predicted molar refractivity (Wildman–Crippen MR) is 149 cm³/mol. The van der Waals surface area contributed by atoms with Gasteiger partial charge in [-0.15, -0.1) is 0 Å². The van der Waals surface area contributed by atoms with Gasteiger partial charge in [0.15, 0.2) is 14.1 Å². The number of carbonyl (C=O) groups excluding carboxylic acids is 1. The Bertz CT molecular complexity index is 818. The Morgan fingerprint density at radius 1 is 1.15 bits per heavy atom. The van der Waals surface area contributed by atoms with Gasteiger partial charge in [-0.1, -0.05) is 74.6 Å². The standard InChI is InChI=1S/C27H43IO5Si/c1-19(20(2)33-34(8,9)26(3,4)5)15-16-22(30-25(29)21-13-11-10-12-14-21)24-23(17-18-28)31-27(6,7)32-24/h10-16,19-20,22-24H,17-18H2,1-9H3/b16-15-/t19-,20?,22?,23+,24-/m1/s1. The fraction of sp³-hybridized carbons (Fsp3) is 0.667. The molecule has 0 aliphatic carbocycles. The average molecular weight is 603 g/mol. The molecule has 5 atom stereocenters. The molecule has 5 nitrogen and oxygen atoms in total. The zero-order valence-corrected chi connectivity index (χ0v) is 25.4. The summed E-state index contributed by atoms with van der Waals surface area (Å²) in [5.41, 5.74) is 0.521. The van der Waals surface area contributed by atoms with Crippen LogP contribution in [0.4, 0.5) is 0 Å². The van der Waals surface area contributed by atoms with Gasteiger partial charge in [0, 0.05) is 10.5 Å². The molecule has 0 radical (unpaired) electrons. The van der Waals surface area contributed by atoms with Gasteiger partial charge in [0.2, 0.25) is 0 Å². The van der Waals surface area contributed by atoms with Gasteiger partial charge in [-0.3, -0.25) is 0 Å². The summed E-state index contributed by atoms with van der Waals surface area (Å²) in [6.45, 7) is 19.4. The molecule has 1 aliphatic rings. The predicted octanol–water partition coefficient (Wildman–Crippen LogP) is 7.16. The average Bonchev–Trinajstić information content (AvgIpc) is 3.04. The summed E-state index contributed by atoms with van der Waals surface area (Å²) in [5.74, 6) is -0.947. The Labute approximate surface area is 221 Å². The molecule has 0 aromatic heterocycles. The van der Waals surface area contributed by atoms with E-state index in [1.54, 1.807) is 12.1 Å². The van der Waals surface area contributed by atoms with Crippen LogP contribution in [0.3, 0.4) is 0 Å². The van der Waals surface area contributed by atoms with Crippen molar-refractivity contribution in [1.29, 1.82) is 0 Å². The summed E-state index contributed by atoms with van der Waals surface area (Å²) < 4.78 is 25.9.